The normalized spacial score (nSPS) is 17.1. The number of nitrogens with zero attached hydrogens (tertiary/aromatic N) is 3. The molecule has 4 heteroatoms. The summed E-state index contributed by atoms with van der Waals surface area (Å²) in [4.78, 5) is 21.6. The summed E-state index contributed by atoms with van der Waals surface area (Å²) < 4.78 is 0. The van der Waals surface area contributed by atoms with Crippen molar-refractivity contribution < 1.29 is 4.79 Å². The number of hydrogen-bond acceptors (Lipinski definition) is 3. The quantitative estimate of drug-likeness (QED) is 0.873. The number of fused-ring (bicyclic) bond motifs is 1. The molecule has 0 bridgehead atoms. The molecular formula is C19H21N3O. The predicted octanol–water partition coefficient (Wildman–Crippen LogP) is 3.27. The van der Waals surface area contributed by atoms with Crippen molar-refractivity contribution in [2.75, 3.05) is 22.9 Å². The van der Waals surface area contributed by atoms with Crippen LogP contribution in [0.5, 0.6) is 0 Å². The maximum atomic E-state index is 13.0. The van der Waals surface area contributed by atoms with Gasteiger partial charge in [-0.05, 0) is 49.1 Å². The molecule has 1 aliphatic carbocycles. The van der Waals surface area contributed by atoms with Gasteiger partial charge < -0.3 is 9.80 Å². The van der Waals surface area contributed by atoms with Crippen molar-refractivity contribution in [1.82, 2.24) is 4.98 Å². The maximum absolute atomic E-state index is 13.0. The van der Waals surface area contributed by atoms with Crippen molar-refractivity contribution in [3.05, 3.63) is 53.9 Å². The van der Waals surface area contributed by atoms with Gasteiger partial charge in [0, 0.05) is 25.3 Å². The number of anilines is 2. The number of carbonyl (C=O) groups excluding carboxylic acids is 1. The highest BCUT2D eigenvalue weighted by molar-refractivity contribution is 6.07. The minimum Gasteiger partial charge on any atom is -0.365 e. The highest BCUT2D eigenvalue weighted by Gasteiger charge is 2.35. The van der Waals surface area contributed by atoms with Gasteiger partial charge in [-0.25, -0.2) is 0 Å². The Hall–Kier alpha value is -2.36. The lowest BCUT2D eigenvalue weighted by molar-refractivity contribution is 0.0981. The smallest absolute Gasteiger partial charge is 0.276 e. The van der Waals surface area contributed by atoms with Crippen LogP contribution < -0.4 is 9.80 Å². The molecule has 2 heterocycles. The number of benzene rings is 1. The molecule has 0 spiro atoms. The van der Waals surface area contributed by atoms with Gasteiger partial charge in [-0.15, -0.1) is 0 Å². The van der Waals surface area contributed by atoms with Crippen molar-refractivity contribution in [2.45, 2.75) is 32.2 Å². The van der Waals surface area contributed by atoms with E-state index in [1.165, 1.54) is 18.5 Å². The van der Waals surface area contributed by atoms with Crippen LogP contribution in [0.2, 0.25) is 0 Å². The number of pyridine rings is 1. The van der Waals surface area contributed by atoms with Crippen LogP contribution in [0.1, 0.15) is 35.8 Å². The summed E-state index contributed by atoms with van der Waals surface area (Å²) in [7, 11) is 0. The molecule has 4 rings (SSSR count). The zero-order chi connectivity index (χ0) is 15.8. The van der Waals surface area contributed by atoms with Crippen LogP contribution in [-0.2, 0) is 6.42 Å². The Bertz CT molecular complexity index is 739. The summed E-state index contributed by atoms with van der Waals surface area (Å²) in [5.74, 6) is 0.00296. The fourth-order valence-corrected chi connectivity index (χ4v) is 3.31. The first kappa shape index (κ1) is 14.2. The van der Waals surface area contributed by atoms with Crippen molar-refractivity contribution >= 4 is 17.3 Å². The lowest BCUT2D eigenvalue weighted by Gasteiger charge is -2.37. The minimum atomic E-state index is 0.00296. The Balaban J connectivity index is 1.68. The molecule has 0 atom stereocenters. The summed E-state index contributed by atoms with van der Waals surface area (Å²) in [6, 6.07) is 12.8. The van der Waals surface area contributed by atoms with Crippen molar-refractivity contribution in [2.24, 2.45) is 0 Å². The lowest BCUT2D eigenvalue weighted by Crippen LogP contribution is -2.45. The summed E-state index contributed by atoms with van der Waals surface area (Å²) in [6.45, 7) is 3.72. The number of amides is 1. The topological polar surface area (TPSA) is 36.4 Å². The summed E-state index contributed by atoms with van der Waals surface area (Å²) in [5.41, 5.74) is 3.88. The highest BCUT2D eigenvalue weighted by Crippen LogP contribution is 2.40. The van der Waals surface area contributed by atoms with Crippen LogP contribution in [0.25, 0.3) is 0 Å². The number of hydrogen-bond donors (Lipinski definition) is 0. The van der Waals surface area contributed by atoms with E-state index in [2.05, 4.69) is 28.9 Å². The van der Waals surface area contributed by atoms with Crippen LogP contribution >= 0.6 is 0 Å². The molecule has 23 heavy (non-hydrogen) atoms. The third-order valence-corrected chi connectivity index (χ3v) is 4.73. The van der Waals surface area contributed by atoms with Crippen LogP contribution in [0.3, 0.4) is 0 Å². The van der Waals surface area contributed by atoms with Gasteiger partial charge in [-0.1, -0.05) is 19.1 Å². The first-order chi connectivity index (χ1) is 11.3. The van der Waals surface area contributed by atoms with Crippen molar-refractivity contribution in [3.8, 4) is 0 Å². The van der Waals surface area contributed by atoms with E-state index in [0.717, 1.165) is 30.8 Å². The van der Waals surface area contributed by atoms with E-state index in [1.807, 2.05) is 29.2 Å². The summed E-state index contributed by atoms with van der Waals surface area (Å²) >= 11 is 0. The second kappa shape index (κ2) is 5.69. The predicted molar refractivity (Wildman–Crippen MR) is 92.1 cm³/mol. The average molecular weight is 307 g/mol. The largest absolute Gasteiger partial charge is 0.365 e. The first-order valence-corrected chi connectivity index (χ1v) is 8.40. The lowest BCUT2D eigenvalue weighted by atomic mass is 10.1. The Kier molecular flexibility index (Phi) is 3.52. The standard InChI is InChI=1S/C19H21N3O/c1-2-14-9-10-20-16(13-14)19(23)22-12-11-21(15-7-8-15)17-5-3-4-6-18(17)22/h3-6,9-10,13,15H,2,7-8,11-12H2,1H3. The number of aryl methyl sites for hydroxylation is 1. The number of para-hydroxylation sites is 2. The molecule has 1 aliphatic heterocycles. The maximum Gasteiger partial charge on any atom is 0.276 e. The van der Waals surface area contributed by atoms with Crippen molar-refractivity contribution in [3.63, 3.8) is 0 Å². The van der Waals surface area contributed by atoms with E-state index < -0.39 is 0 Å². The molecule has 0 unspecified atom stereocenters. The second-order valence-electron chi connectivity index (χ2n) is 6.27. The molecule has 1 saturated carbocycles. The Morgan fingerprint density at radius 3 is 2.70 bits per heavy atom. The van der Waals surface area contributed by atoms with Crippen LogP contribution in [0, 0.1) is 0 Å². The molecular weight excluding hydrogens is 286 g/mol. The SMILES string of the molecule is CCc1ccnc(C(=O)N2CCN(C3CC3)c3ccccc32)c1. The van der Waals surface area contributed by atoms with E-state index in [9.17, 15) is 4.79 Å². The monoisotopic (exact) mass is 307 g/mol. The minimum absolute atomic E-state index is 0.00296. The molecule has 0 N–H and O–H groups in total. The van der Waals surface area contributed by atoms with E-state index in [1.54, 1.807) is 6.20 Å². The van der Waals surface area contributed by atoms with Gasteiger partial charge >= 0.3 is 0 Å². The van der Waals surface area contributed by atoms with E-state index >= 15 is 0 Å². The Morgan fingerprint density at radius 1 is 1.17 bits per heavy atom. The second-order valence-corrected chi connectivity index (χ2v) is 6.27. The number of rotatable bonds is 3. The summed E-state index contributed by atoms with van der Waals surface area (Å²) in [5, 5.41) is 0. The van der Waals surface area contributed by atoms with Crippen LogP contribution in [0.4, 0.5) is 11.4 Å². The van der Waals surface area contributed by atoms with E-state index in [-0.39, 0.29) is 5.91 Å². The fourth-order valence-electron chi connectivity index (χ4n) is 3.31. The first-order valence-electron chi connectivity index (χ1n) is 8.40. The van der Waals surface area contributed by atoms with Crippen molar-refractivity contribution in [1.29, 1.82) is 0 Å². The third-order valence-electron chi connectivity index (χ3n) is 4.73. The van der Waals surface area contributed by atoms with Gasteiger partial charge in [0.15, 0.2) is 0 Å². The highest BCUT2D eigenvalue weighted by atomic mass is 16.2. The fraction of sp³-hybridized carbons (Fsp3) is 0.368. The molecule has 1 aromatic carbocycles. The Morgan fingerprint density at radius 2 is 1.96 bits per heavy atom. The average Bonchev–Trinajstić information content (AvgIpc) is 3.45. The molecule has 2 aliphatic rings. The molecule has 1 fully saturated rings. The molecule has 118 valence electrons. The molecule has 2 aromatic rings. The molecule has 1 amide bonds. The van der Waals surface area contributed by atoms with Gasteiger partial charge in [0.05, 0.1) is 11.4 Å². The van der Waals surface area contributed by atoms with Gasteiger partial charge in [0.2, 0.25) is 0 Å². The van der Waals surface area contributed by atoms with Crippen LogP contribution in [-0.4, -0.2) is 30.0 Å². The van der Waals surface area contributed by atoms with E-state index in [0.29, 0.717) is 11.7 Å². The molecule has 1 aromatic heterocycles. The van der Waals surface area contributed by atoms with Crippen LogP contribution in [0.15, 0.2) is 42.6 Å². The zero-order valence-corrected chi connectivity index (χ0v) is 13.4. The number of carbonyl (C=O) groups is 1. The molecule has 4 nitrogen and oxygen atoms in total. The van der Waals surface area contributed by atoms with Gasteiger partial charge in [-0.2, -0.15) is 0 Å². The Labute approximate surface area is 136 Å². The van der Waals surface area contributed by atoms with Gasteiger partial charge in [0.1, 0.15) is 5.69 Å². The summed E-state index contributed by atoms with van der Waals surface area (Å²) in [6.07, 6.45) is 5.18. The zero-order valence-electron chi connectivity index (χ0n) is 13.4. The van der Waals surface area contributed by atoms with Gasteiger partial charge in [0.25, 0.3) is 5.91 Å². The van der Waals surface area contributed by atoms with Gasteiger partial charge in [-0.3, -0.25) is 9.78 Å². The molecule has 0 radical (unpaired) electrons. The number of aromatic nitrogens is 1. The van der Waals surface area contributed by atoms with E-state index in [4.69, 9.17) is 0 Å². The third kappa shape index (κ3) is 2.58. The molecule has 0 saturated heterocycles.